The molecule has 9 nitrogen and oxygen atoms in total. The largest absolute Gasteiger partial charge is 0.490 e. The maximum absolute atomic E-state index is 13.4. The SMILES string of the molecule is CCOC(=O)Cc1cccc(OC2CCC(C(=O)N(C)c3ccc(CN4CCN(C(=O)O)[C@@H](C)C4)c(C)c3)CC2)c1. The van der Waals surface area contributed by atoms with Crippen molar-refractivity contribution in [3.05, 3.63) is 59.2 Å². The summed E-state index contributed by atoms with van der Waals surface area (Å²) >= 11 is 0. The Morgan fingerprint density at radius 2 is 1.80 bits per heavy atom. The molecule has 0 radical (unpaired) electrons. The van der Waals surface area contributed by atoms with Crippen molar-refractivity contribution in [1.82, 2.24) is 9.80 Å². The highest BCUT2D eigenvalue weighted by molar-refractivity contribution is 5.94. The minimum Gasteiger partial charge on any atom is -0.490 e. The fourth-order valence-electron chi connectivity index (χ4n) is 5.90. The Kier molecular flexibility index (Phi) is 10.3. The smallest absolute Gasteiger partial charge is 0.407 e. The number of aryl methyl sites for hydroxylation is 1. The molecular weight excluding hydrogens is 522 g/mol. The maximum Gasteiger partial charge on any atom is 0.407 e. The molecule has 2 aromatic rings. The minimum absolute atomic E-state index is 0.0356. The predicted octanol–water partition coefficient (Wildman–Crippen LogP) is 4.89. The lowest BCUT2D eigenvalue weighted by Gasteiger charge is -2.38. The topological polar surface area (TPSA) is 99.6 Å². The van der Waals surface area contributed by atoms with Gasteiger partial charge in [-0.05, 0) is 87.4 Å². The number of carbonyl (C=O) groups is 3. The van der Waals surface area contributed by atoms with E-state index in [9.17, 15) is 19.5 Å². The number of benzene rings is 2. The molecule has 2 aromatic carbocycles. The van der Waals surface area contributed by atoms with E-state index in [1.54, 1.807) is 11.8 Å². The van der Waals surface area contributed by atoms with Gasteiger partial charge in [-0.25, -0.2) is 4.79 Å². The van der Waals surface area contributed by atoms with Gasteiger partial charge >= 0.3 is 12.1 Å². The summed E-state index contributed by atoms with van der Waals surface area (Å²) in [5, 5.41) is 9.33. The van der Waals surface area contributed by atoms with E-state index in [-0.39, 0.29) is 36.4 Å². The van der Waals surface area contributed by atoms with Crippen LogP contribution in [-0.4, -0.2) is 78.3 Å². The van der Waals surface area contributed by atoms with Gasteiger partial charge in [0, 0.05) is 50.9 Å². The summed E-state index contributed by atoms with van der Waals surface area (Å²) in [6.07, 6.45) is 2.56. The van der Waals surface area contributed by atoms with Gasteiger partial charge in [-0.2, -0.15) is 0 Å². The van der Waals surface area contributed by atoms with Crippen LogP contribution in [0.25, 0.3) is 0 Å². The van der Waals surface area contributed by atoms with E-state index >= 15 is 0 Å². The molecule has 1 saturated carbocycles. The van der Waals surface area contributed by atoms with Crippen LogP contribution >= 0.6 is 0 Å². The number of esters is 1. The Bertz CT molecular complexity index is 1230. The molecule has 222 valence electrons. The summed E-state index contributed by atoms with van der Waals surface area (Å²) in [5.41, 5.74) is 4.06. The Hall–Kier alpha value is -3.59. The number of piperazine rings is 1. The van der Waals surface area contributed by atoms with E-state index in [2.05, 4.69) is 24.0 Å². The molecule has 1 atom stereocenters. The lowest BCUT2D eigenvalue weighted by Crippen LogP contribution is -2.53. The monoisotopic (exact) mass is 565 g/mol. The van der Waals surface area contributed by atoms with Gasteiger partial charge in [-0.15, -0.1) is 0 Å². The lowest BCUT2D eigenvalue weighted by molar-refractivity contribution is -0.142. The number of amides is 2. The quantitative estimate of drug-likeness (QED) is 0.433. The first-order valence-electron chi connectivity index (χ1n) is 14.6. The standard InChI is InChI=1S/C32H43N3O6/c1-5-40-30(36)19-24-7-6-8-29(18-24)41-28-13-10-25(11-14-28)31(37)33(4)27-12-9-26(22(2)17-27)21-34-15-16-35(32(38)39)23(3)20-34/h6-9,12,17-18,23,25,28H,5,10-11,13-16,19-21H2,1-4H3,(H,38,39)/t23-,25?,28?/m0/s1. The van der Waals surface area contributed by atoms with E-state index in [1.165, 1.54) is 10.5 Å². The molecule has 0 spiro atoms. The minimum atomic E-state index is -0.857. The number of ether oxygens (including phenoxy) is 2. The fourth-order valence-corrected chi connectivity index (χ4v) is 5.90. The average molecular weight is 566 g/mol. The first-order chi connectivity index (χ1) is 19.6. The Balaban J connectivity index is 1.27. The van der Waals surface area contributed by atoms with Crippen molar-refractivity contribution in [1.29, 1.82) is 0 Å². The molecule has 1 N–H and O–H groups in total. The molecule has 1 saturated heterocycles. The predicted molar refractivity (Wildman–Crippen MR) is 157 cm³/mol. The van der Waals surface area contributed by atoms with Crippen molar-refractivity contribution in [3.63, 3.8) is 0 Å². The number of carboxylic acid groups (broad SMARTS) is 1. The Morgan fingerprint density at radius 3 is 2.46 bits per heavy atom. The van der Waals surface area contributed by atoms with Gasteiger partial charge in [0.05, 0.1) is 19.1 Å². The fraction of sp³-hybridized carbons (Fsp3) is 0.531. The van der Waals surface area contributed by atoms with Gasteiger partial charge in [0.25, 0.3) is 0 Å². The molecule has 0 unspecified atom stereocenters. The first-order valence-corrected chi connectivity index (χ1v) is 14.6. The average Bonchev–Trinajstić information content (AvgIpc) is 2.94. The third-order valence-electron chi connectivity index (χ3n) is 8.27. The van der Waals surface area contributed by atoms with Crippen molar-refractivity contribution in [2.45, 2.75) is 71.6 Å². The summed E-state index contributed by atoms with van der Waals surface area (Å²) in [6, 6.07) is 13.7. The molecule has 2 aliphatic rings. The molecular formula is C32H43N3O6. The summed E-state index contributed by atoms with van der Waals surface area (Å²) in [7, 11) is 1.85. The molecule has 1 heterocycles. The second-order valence-corrected chi connectivity index (χ2v) is 11.3. The second-order valence-electron chi connectivity index (χ2n) is 11.3. The zero-order chi connectivity index (χ0) is 29.5. The van der Waals surface area contributed by atoms with Crippen LogP contribution in [0.2, 0.25) is 0 Å². The molecule has 0 aromatic heterocycles. The van der Waals surface area contributed by atoms with Gasteiger partial charge in [0.15, 0.2) is 0 Å². The van der Waals surface area contributed by atoms with Crippen LogP contribution in [0.3, 0.4) is 0 Å². The van der Waals surface area contributed by atoms with Crippen LogP contribution < -0.4 is 9.64 Å². The maximum atomic E-state index is 13.4. The van der Waals surface area contributed by atoms with Crippen LogP contribution in [0, 0.1) is 12.8 Å². The molecule has 1 aliphatic carbocycles. The second kappa shape index (κ2) is 13.9. The number of rotatable bonds is 9. The van der Waals surface area contributed by atoms with Crippen LogP contribution in [0.1, 0.15) is 56.2 Å². The van der Waals surface area contributed by atoms with Crippen molar-refractivity contribution >= 4 is 23.7 Å². The van der Waals surface area contributed by atoms with Gasteiger partial charge in [0.2, 0.25) is 5.91 Å². The Labute approximate surface area is 243 Å². The molecule has 41 heavy (non-hydrogen) atoms. The molecule has 2 amide bonds. The van der Waals surface area contributed by atoms with E-state index in [0.717, 1.165) is 54.8 Å². The normalized spacial score (nSPS) is 21.3. The van der Waals surface area contributed by atoms with Crippen molar-refractivity contribution in [2.24, 2.45) is 5.92 Å². The van der Waals surface area contributed by atoms with Gasteiger partial charge in [-0.3, -0.25) is 14.5 Å². The number of hydrogen-bond donors (Lipinski definition) is 1. The zero-order valence-corrected chi connectivity index (χ0v) is 24.7. The van der Waals surface area contributed by atoms with Gasteiger partial charge < -0.3 is 24.4 Å². The van der Waals surface area contributed by atoms with Crippen molar-refractivity contribution in [3.8, 4) is 5.75 Å². The van der Waals surface area contributed by atoms with Crippen LogP contribution in [0.15, 0.2) is 42.5 Å². The highest BCUT2D eigenvalue weighted by Gasteiger charge is 2.30. The highest BCUT2D eigenvalue weighted by Crippen LogP contribution is 2.31. The molecule has 1 aliphatic heterocycles. The van der Waals surface area contributed by atoms with Gasteiger partial charge in [-0.1, -0.05) is 18.2 Å². The van der Waals surface area contributed by atoms with Crippen LogP contribution in [-0.2, 0) is 27.3 Å². The van der Waals surface area contributed by atoms with E-state index < -0.39 is 6.09 Å². The Morgan fingerprint density at radius 1 is 1.05 bits per heavy atom. The summed E-state index contributed by atoms with van der Waals surface area (Å²) in [4.78, 5) is 42.1. The third-order valence-corrected chi connectivity index (χ3v) is 8.27. The zero-order valence-electron chi connectivity index (χ0n) is 24.7. The van der Waals surface area contributed by atoms with E-state index in [0.29, 0.717) is 26.2 Å². The number of anilines is 1. The van der Waals surface area contributed by atoms with Crippen LogP contribution in [0.4, 0.5) is 10.5 Å². The summed E-state index contributed by atoms with van der Waals surface area (Å²) in [5.74, 6) is 0.587. The van der Waals surface area contributed by atoms with E-state index in [1.807, 2.05) is 44.3 Å². The van der Waals surface area contributed by atoms with Crippen LogP contribution in [0.5, 0.6) is 5.75 Å². The number of hydrogen-bond acceptors (Lipinski definition) is 6. The lowest BCUT2D eigenvalue weighted by atomic mass is 9.86. The first kappa shape index (κ1) is 30.4. The molecule has 2 fully saturated rings. The third kappa shape index (κ3) is 8.00. The van der Waals surface area contributed by atoms with Crippen molar-refractivity contribution < 1.29 is 29.0 Å². The number of nitrogens with zero attached hydrogens (tertiary/aromatic N) is 3. The number of carbonyl (C=O) groups excluding carboxylic acids is 2. The van der Waals surface area contributed by atoms with E-state index in [4.69, 9.17) is 9.47 Å². The summed E-state index contributed by atoms with van der Waals surface area (Å²) < 4.78 is 11.3. The van der Waals surface area contributed by atoms with Crippen molar-refractivity contribution in [2.75, 3.05) is 38.2 Å². The molecule has 0 bridgehead atoms. The highest BCUT2D eigenvalue weighted by atomic mass is 16.5. The molecule has 9 heteroatoms. The summed E-state index contributed by atoms with van der Waals surface area (Å²) in [6.45, 7) is 8.87. The molecule has 4 rings (SSSR count). The van der Waals surface area contributed by atoms with Gasteiger partial charge in [0.1, 0.15) is 5.75 Å².